The Kier molecular flexibility index (Phi) is 4.28. The summed E-state index contributed by atoms with van der Waals surface area (Å²) >= 11 is 15.3. The Hall–Kier alpha value is -0.890. The molecule has 0 fully saturated rings. The van der Waals surface area contributed by atoms with Gasteiger partial charge in [-0.1, -0.05) is 35.0 Å². The second-order valence-electron chi connectivity index (χ2n) is 2.50. The molecule has 0 spiro atoms. The fourth-order valence-corrected chi connectivity index (χ4v) is 1.32. The molecule has 0 aliphatic rings. The van der Waals surface area contributed by atoms with Crippen molar-refractivity contribution in [2.45, 2.75) is 0 Å². The SMILES string of the molecule is O=[N+]([O-])c1cc(Cl)c(Cl)cc1C#CCS. The molecule has 78 valence electrons. The zero-order valence-corrected chi connectivity index (χ0v) is 9.73. The highest BCUT2D eigenvalue weighted by atomic mass is 35.5. The van der Waals surface area contributed by atoms with E-state index in [0.717, 1.165) is 0 Å². The van der Waals surface area contributed by atoms with Gasteiger partial charge in [0.15, 0.2) is 0 Å². The summed E-state index contributed by atoms with van der Waals surface area (Å²) in [6.07, 6.45) is 0. The normalized spacial score (nSPS) is 9.27. The average Bonchev–Trinajstić information content (AvgIpc) is 2.19. The van der Waals surface area contributed by atoms with Gasteiger partial charge >= 0.3 is 0 Å². The number of rotatable bonds is 1. The van der Waals surface area contributed by atoms with Crippen LogP contribution >= 0.6 is 35.8 Å². The van der Waals surface area contributed by atoms with Gasteiger partial charge in [-0.25, -0.2) is 0 Å². The molecule has 0 aromatic heterocycles. The molecule has 6 heteroatoms. The van der Waals surface area contributed by atoms with Gasteiger partial charge in [0.1, 0.15) is 5.56 Å². The number of hydrogen-bond donors (Lipinski definition) is 1. The molecule has 0 heterocycles. The summed E-state index contributed by atoms with van der Waals surface area (Å²) in [6, 6.07) is 2.56. The lowest BCUT2D eigenvalue weighted by Crippen LogP contribution is -1.92. The summed E-state index contributed by atoms with van der Waals surface area (Å²) in [5.41, 5.74) is 0.0853. The number of nitro benzene ring substituents is 1. The number of nitrogens with zero attached hydrogens (tertiary/aromatic N) is 1. The highest BCUT2D eigenvalue weighted by Gasteiger charge is 2.15. The predicted molar refractivity (Wildman–Crippen MR) is 63.8 cm³/mol. The van der Waals surface area contributed by atoms with Crippen molar-refractivity contribution in [3.8, 4) is 11.8 Å². The Morgan fingerprint density at radius 2 is 2.00 bits per heavy atom. The molecule has 0 unspecified atom stereocenters. The van der Waals surface area contributed by atoms with E-state index in [1.807, 2.05) is 0 Å². The fraction of sp³-hybridized carbons (Fsp3) is 0.111. The highest BCUT2D eigenvalue weighted by Crippen LogP contribution is 2.29. The molecule has 15 heavy (non-hydrogen) atoms. The van der Waals surface area contributed by atoms with Crippen LogP contribution in [0.25, 0.3) is 0 Å². The van der Waals surface area contributed by atoms with Crippen molar-refractivity contribution >= 4 is 41.5 Å². The molecule has 3 nitrogen and oxygen atoms in total. The van der Waals surface area contributed by atoms with Gasteiger partial charge in [-0.3, -0.25) is 10.1 Å². The molecule has 0 amide bonds. The summed E-state index contributed by atoms with van der Waals surface area (Å²) < 4.78 is 0. The number of hydrogen-bond acceptors (Lipinski definition) is 3. The van der Waals surface area contributed by atoms with E-state index >= 15 is 0 Å². The lowest BCUT2D eigenvalue weighted by Gasteiger charge is -1.98. The topological polar surface area (TPSA) is 43.1 Å². The van der Waals surface area contributed by atoms with Crippen molar-refractivity contribution < 1.29 is 4.92 Å². The van der Waals surface area contributed by atoms with Gasteiger partial charge in [-0.05, 0) is 6.07 Å². The zero-order valence-electron chi connectivity index (χ0n) is 7.33. The molecular formula is C9H5Cl2NO2S. The van der Waals surface area contributed by atoms with Gasteiger partial charge < -0.3 is 0 Å². The van der Waals surface area contributed by atoms with Gasteiger partial charge in [-0.15, -0.1) is 0 Å². The van der Waals surface area contributed by atoms with Gasteiger partial charge in [0.25, 0.3) is 5.69 Å². The average molecular weight is 262 g/mol. The van der Waals surface area contributed by atoms with Crippen LogP contribution in [0.4, 0.5) is 5.69 Å². The second kappa shape index (κ2) is 5.26. The summed E-state index contributed by atoms with van der Waals surface area (Å²) in [6.45, 7) is 0. The summed E-state index contributed by atoms with van der Waals surface area (Å²) in [4.78, 5) is 10.1. The maximum atomic E-state index is 10.7. The number of halogens is 2. The molecule has 0 bridgehead atoms. The molecule has 1 aromatic carbocycles. The molecule has 0 aliphatic heterocycles. The zero-order chi connectivity index (χ0) is 11.4. The summed E-state index contributed by atoms with van der Waals surface area (Å²) in [5, 5.41) is 11.0. The molecule has 0 atom stereocenters. The van der Waals surface area contributed by atoms with Crippen molar-refractivity contribution in [2.24, 2.45) is 0 Å². The predicted octanol–water partition coefficient (Wildman–Crippen LogP) is 3.18. The molecule has 0 saturated heterocycles. The minimum absolute atomic E-state index is 0.139. The third-order valence-corrected chi connectivity index (χ3v) is 2.42. The number of thiol groups is 1. The highest BCUT2D eigenvalue weighted by molar-refractivity contribution is 7.80. The van der Waals surface area contributed by atoms with Gasteiger partial charge in [0.05, 0.1) is 20.7 Å². The standard InChI is InChI=1S/C9H5Cl2NO2S/c10-7-4-6(2-1-3-15)9(12(13)14)5-8(7)11/h4-5,15H,3H2. The first-order chi connectivity index (χ1) is 7.06. The Labute approximate surface area is 102 Å². The fourth-order valence-electron chi connectivity index (χ4n) is 0.922. The van der Waals surface area contributed by atoms with Crippen LogP contribution in [0.1, 0.15) is 5.56 Å². The van der Waals surface area contributed by atoms with E-state index in [9.17, 15) is 10.1 Å². The Morgan fingerprint density at radius 1 is 1.40 bits per heavy atom. The van der Waals surface area contributed by atoms with Crippen molar-refractivity contribution in [2.75, 3.05) is 5.75 Å². The van der Waals surface area contributed by atoms with Gasteiger partial charge in [0, 0.05) is 6.07 Å². The lowest BCUT2D eigenvalue weighted by molar-refractivity contribution is -0.385. The molecule has 0 radical (unpaired) electrons. The monoisotopic (exact) mass is 261 g/mol. The molecular weight excluding hydrogens is 257 g/mol. The third-order valence-electron chi connectivity index (χ3n) is 1.54. The first-order valence-electron chi connectivity index (χ1n) is 3.79. The Bertz CT molecular complexity index is 465. The van der Waals surface area contributed by atoms with Crippen LogP contribution in [0.2, 0.25) is 10.0 Å². The minimum Gasteiger partial charge on any atom is -0.258 e. The summed E-state index contributed by atoms with van der Waals surface area (Å²) in [5.74, 6) is 5.53. The minimum atomic E-state index is -0.551. The maximum absolute atomic E-state index is 10.7. The van der Waals surface area contributed by atoms with Crippen LogP contribution in [0, 0.1) is 22.0 Å². The largest absolute Gasteiger partial charge is 0.286 e. The second-order valence-corrected chi connectivity index (χ2v) is 3.63. The molecule has 1 rings (SSSR count). The van der Waals surface area contributed by atoms with E-state index in [-0.39, 0.29) is 21.3 Å². The Balaban J connectivity index is 3.34. The first-order valence-corrected chi connectivity index (χ1v) is 5.18. The van der Waals surface area contributed by atoms with E-state index in [1.165, 1.54) is 12.1 Å². The van der Waals surface area contributed by atoms with Gasteiger partial charge in [-0.2, -0.15) is 12.6 Å². The van der Waals surface area contributed by atoms with Crippen LogP contribution in [-0.4, -0.2) is 10.7 Å². The van der Waals surface area contributed by atoms with E-state index in [0.29, 0.717) is 5.75 Å². The van der Waals surface area contributed by atoms with Crippen LogP contribution in [0.15, 0.2) is 12.1 Å². The van der Waals surface area contributed by atoms with Gasteiger partial charge in [0.2, 0.25) is 0 Å². The molecule has 1 aromatic rings. The van der Waals surface area contributed by atoms with E-state index < -0.39 is 4.92 Å². The lowest BCUT2D eigenvalue weighted by atomic mass is 10.2. The van der Waals surface area contributed by atoms with Crippen molar-refractivity contribution in [1.29, 1.82) is 0 Å². The van der Waals surface area contributed by atoms with Crippen LogP contribution in [-0.2, 0) is 0 Å². The summed E-state index contributed by atoms with van der Waals surface area (Å²) in [7, 11) is 0. The first kappa shape index (κ1) is 12.2. The third kappa shape index (κ3) is 3.03. The van der Waals surface area contributed by atoms with E-state index in [2.05, 4.69) is 24.5 Å². The van der Waals surface area contributed by atoms with E-state index in [1.54, 1.807) is 0 Å². The quantitative estimate of drug-likeness (QED) is 0.365. The van der Waals surface area contributed by atoms with Crippen LogP contribution < -0.4 is 0 Å². The van der Waals surface area contributed by atoms with Crippen LogP contribution in [0.5, 0.6) is 0 Å². The van der Waals surface area contributed by atoms with Crippen molar-refractivity contribution in [3.05, 3.63) is 37.9 Å². The molecule has 0 N–H and O–H groups in total. The van der Waals surface area contributed by atoms with Crippen molar-refractivity contribution in [3.63, 3.8) is 0 Å². The van der Waals surface area contributed by atoms with Crippen molar-refractivity contribution in [1.82, 2.24) is 0 Å². The number of benzene rings is 1. The van der Waals surface area contributed by atoms with E-state index in [4.69, 9.17) is 23.2 Å². The molecule has 0 aliphatic carbocycles. The Morgan fingerprint density at radius 3 is 2.53 bits per heavy atom. The number of nitro groups is 1. The van der Waals surface area contributed by atoms with Crippen LogP contribution in [0.3, 0.4) is 0 Å². The smallest absolute Gasteiger partial charge is 0.258 e. The molecule has 0 saturated carbocycles. The maximum Gasteiger partial charge on any atom is 0.286 e.